The van der Waals surface area contributed by atoms with E-state index in [0.717, 1.165) is 6.54 Å². The van der Waals surface area contributed by atoms with Crippen LogP contribution in [0.2, 0.25) is 0 Å². The van der Waals surface area contributed by atoms with Gasteiger partial charge in [-0.2, -0.15) is 4.98 Å². The Bertz CT molecular complexity index is 299. The van der Waals surface area contributed by atoms with Crippen molar-refractivity contribution < 1.29 is 9.26 Å². The van der Waals surface area contributed by atoms with Gasteiger partial charge in [0.2, 0.25) is 5.89 Å². The standard InChI is InChI=1S/C11H21N3O2/c1-5-15-9(4)11-13-10(16-14-11)7-12-6-8(2)3/h8-9,12H,5-7H2,1-4H3. The molecule has 0 amide bonds. The molecule has 92 valence electrons. The molecule has 0 saturated heterocycles. The molecular weight excluding hydrogens is 206 g/mol. The molecule has 0 aliphatic carbocycles. The van der Waals surface area contributed by atoms with Gasteiger partial charge in [-0.25, -0.2) is 0 Å². The zero-order valence-corrected chi connectivity index (χ0v) is 10.5. The molecule has 1 unspecified atom stereocenters. The lowest BCUT2D eigenvalue weighted by molar-refractivity contribution is 0.0683. The zero-order valence-electron chi connectivity index (χ0n) is 10.5. The van der Waals surface area contributed by atoms with Crippen molar-refractivity contribution in [2.45, 2.75) is 40.3 Å². The summed E-state index contributed by atoms with van der Waals surface area (Å²) < 4.78 is 10.5. The van der Waals surface area contributed by atoms with Crippen LogP contribution in [0.15, 0.2) is 4.52 Å². The van der Waals surface area contributed by atoms with Gasteiger partial charge in [0.05, 0.1) is 6.54 Å². The predicted molar refractivity (Wildman–Crippen MR) is 60.9 cm³/mol. The van der Waals surface area contributed by atoms with Crippen molar-refractivity contribution in [1.29, 1.82) is 0 Å². The summed E-state index contributed by atoms with van der Waals surface area (Å²) in [5, 5.41) is 7.13. The summed E-state index contributed by atoms with van der Waals surface area (Å²) in [5.74, 6) is 1.84. The van der Waals surface area contributed by atoms with Gasteiger partial charge in [0.15, 0.2) is 5.82 Å². The first kappa shape index (κ1) is 13.1. The third-order valence-corrected chi connectivity index (χ3v) is 2.09. The molecule has 16 heavy (non-hydrogen) atoms. The third-order valence-electron chi connectivity index (χ3n) is 2.09. The second kappa shape index (κ2) is 6.60. The van der Waals surface area contributed by atoms with Gasteiger partial charge in [0, 0.05) is 6.61 Å². The Balaban J connectivity index is 2.39. The highest BCUT2D eigenvalue weighted by molar-refractivity contribution is 4.89. The second-order valence-corrected chi connectivity index (χ2v) is 4.17. The lowest BCUT2D eigenvalue weighted by atomic mass is 10.2. The number of aromatic nitrogens is 2. The number of hydrogen-bond acceptors (Lipinski definition) is 5. The molecule has 1 aromatic heterocycles. The lowest BCUT2D eigenvalue weighted by Gasteiger charge is -2.05. The first-order valence-corrected chi connectivity index (χ1v) is 5.78. The van der Waals surface area contributed by atoms with E-state index in [2.05, 4.69) is 29.3 Å². The summed E-state index contributed by atoms with van der Waals surface area (Å²) in [5.41, 5.74) is 0. The molecule has 1 aromatic rings. The Morgan fingerprint density at radius 3 is 2.75 bits per heavy atom. The monoisotopic (exact) mass is 227 g/mol. The van der Waals surface area contributed by atoms with E-state index in [1.165, 1.54) is 0 Å². The molecule has 0 aliphatic rings. The number of hydrogen-bond donors (Lipinski definition) is 1. The highest BCUT2D eigenvalue weighted by Gasteiger charge is 2.13. The summed E-state index contributed by atoms with van der Waals surface area (Å²) in [7, 11) is 0. The average molecular weight is 227 g/mol. The van der Waals surface area contributed by atoms with Gasteiger partial charge in [-0.05, 0) is 26.3 Å². The van der Waals surface area contributed by atoms with Crippen molar-refractivity contribution in [3.05, 3.63) is 11.7 Å². The maximum atomic E-state index is 5.38. The maximum absolute atomic E-state index is 5.38. The number of ether oxygens (including phenoxy) is 1. The Kier molecular flexibility index (Phi) is 5.42. The summed E-state index contributed by atoms with van der Waals surface area (Å²) >= 11 is 0. The van der Waals surface area contributed by atoms with Crippen LogP contribution in [0.5, 0.6) is 0 Å². The summed E-state index contributed by atoms with van der Waals surface area (Å²) in [4.78, 5) is 4.26. The van der Waals surface area contributed by atoms with Crippen LogP contribution in [0.3, 0.4) is 0 Å². The molecule has 1 rings (SSSR count). The van der Waals surface area contributed by atoms with Crippen LogP contribution >= 0.6 is 0 Å². The van der Waals surface area contributed by atoms with Crippen molar-refractivity contribution in [2.24, 2.45) is 5.92 Å². The van der Waals surface area contributed by atoms with Crippen LogP contribution in [0.25, 0.3) is 0 Å². The molecule has 1 atom stereocenters. The van der Waals surface area contributed by atoms with E-state index in [4.69, 9.17) is 9.26 Å². The van der Waals surface area contributed by atoms with Crippen molar-refractivity contribution in [2.75, 3.05) is 13.2 Å². The first-order valence-electron chi connectivity index (χ1n) is 5.78. The highest BCUT2D eigenvalue weighted by Crippen LogP contribution is 2.12. The van der Waals surface area contributed by atoms with Crippen molar-refractivity contribution in [3.8, 4) is 0 Å². The predicted octanol–water partition coefficient (Wildman–Crippen LogP) is 1.91. The number of nitrogens with one attached hydrogen (secondary N) is 1. The van der Waals surface area contributed by atoms with E-state index >= 15 is 0 Å². The second-order valence-electron chi connectivity index (χ2n) is 4.17. The van der Waals surface area contributed by atoms with E-state index in [-0.39, 0.29) is 6.10 Å². The topological polar surface area (TPSA) is 60.2 Å². The largest absolute Gasteiger partial charge is 0.371 e. The average Bonchev–Trinajstić information content (AvgIpc) is 2.66. The molecule has 0 aliphatic heterocycles. The number of rotatable bonds is 7. The van der Waals surface area contributed by atoms with Crippen LogP contribution in [0, 0.1) is 5.92 Å². The first-order chi connectivity index (χ1) is 7.63. The van der Waals surface area contributed by atoms with Crippen LogP contribution < -0.4 is 5.32 Å². The van der Waals surface area contributed by atoms with Crippen molar-refractivity contribution in [3.63, 3.8) is 0 Å². The third kappa shape index (κ3) is 4.28. The maximum Gasteiger partial charge on any atom is 0.240 e. The quantitative estimate of drug-likeness (QED) is 0.771. The Labute approximate surface area is 96.6 Å². The SMILES string of the molecule is CCOC(C)c1noc(CNCC(C)C)n1. The van der Waals surface area contributed by atoms with Gasteiger partial charge in [0.1, 0.15) is 6.10 Å². The fraction of sp³-hybridized carbons (Fsp3) is 0.818. The molecule has 5 nitrogen and oxygen atoms in total. The van der Waals surface area contributed by atoms with Crippen LogP contribution in [-0.4, -0.2) is 23.3 Å². The summed E-state index contributed by atoms with van der Waals surface area (Å²) in [6.45, 7) is 10.4. The van der Waals surface area contributed by atoms with Crippen LogP contribution in [-0.2, 0) is 11.3 Å². The Hall–Kier alpha value is -0.940. The van der Waals surface area contributed by atoms with Crippen LogP contribution in [0.4, 0.5) is 0 Å². The highest BCUT2D eigenvalue weighted by atomic mass is 16.5. The van der Waals surface area contributed by atoms with Gasteiger partial charge in [0.25, 0.3) is 0 Å². The minimum absolute atomic E-state index is 0.104. The van der Waals surface area contributed by atoms with Crippen molar-refractivity contribution in [1.82, 2.24) is 15.5 Å². The molecule has 0 spiro atoms. The fourth-order valence-electron chi connectivity index (χ4n) is 1.30. The molecule has 0 aromatic carbocycles. The normalized spacial score (nSPS) is 13.3. The smallest absolute Gasteiger partial charge is 0.240 e. The molecule has 1 N–H and O–H groups in total. The minimum Gasteiger partial charge on any atom is -0.371 e. The van der Waals surface area contributed by atoms with E-state index in [9.17, 15) is 0 Å². The molecule has 0 fully saturated rings. The van der Waals surface area contributed by atoms with E-state index in [0.29, 0.717) is 30.8 Å². The zero-order chi connectivity index (χ0) is 12.0. The number of nitrogens with zero attached hydrogens (tertiary/aromatic N) is 2. The minimum atomic E-state index is -0.104. The van der Waals surface area contributed by atoms with Gasteiger partial charge < -0.3 is 14.6 Å². The summed E-state index contributed by atoms with van der Waals surface area (Å²) in [6, 6.07) is 0. The lowest BCUT2D eigenvalue weighted by Crippen LogP contribution is -2.19. The van der Waals surface area contributed by atoms with Crippen molar-refractivity contribution >= 4 is 0 Å². The Morgan fingerprint density at radius 1 is 1.38 bits per heavy atom. The van der Waals surface area contributed by atoms with E-state index in [1.54, 1.807) is 0 Å². The molecule has 5 heteroatoms. The van der Waals surface area contributed by atoms with E-state index in [1.807, 2.05) is 13.8 Å². The molecule has 0 radical (unpaired) electrons. The summed E-state index contributed by atoms with van der Waals surface area (Å²) in [6.07, 6.45) is -0.104. The molecular formula is C11H21N3O2. The molecule has 0 bridgehead atoms. The van der Waals surface area contributed by atoms with Gasteiger partial charge >= 0.3 is 0 Å². The van der Waals surface area contributed by atoms with Gasteiger partial charge in [-0.15, -0.1) is 0 Å². The van der Waals surface area contributed by atoms with Gasteiger partial charge in [-0.1, -0.05) is 19.0 Å². The fourth-order valence-corrected chi connectivity index (χ4v) is 1.30. The van der Waals surface area contributed by atoms with Gasteiger partial charge in [-0.3, -0.25) is 0 Å². The van der Waals surface area contributed by atoms with Crippen LogP contribution in [0.1, 0.15) is 45.5 Å². The molecule has 0 saturated carbocycles. The van der Waals surface area contributed by atoms with E-state index < -0.39 is 0 Å². The molecule has 1 heterocycles. The Morgan fingerprint density at radius 2 is 2.12 bits per heavy atom.